The Morgan fingerprint density at radius 2 is 1.79 bits per heavy atom. The van der Waals surface area contributed by atoms with Crippen LogP contribution in [0.4, 0.5) is 0 Å². The van der Waals surface area contributed by atoms with E-state index in [1.807, 2.05) is 38.1 Å². The molecule has 0 spiro atoms. The molecule has 102 valence electrons. The summed E-state index contributed by atoms with van der Waals surface area (Å²) in [6.45, 7) is 3.63. The van der Waals surface area contributed by atoms with Gasteiger partial charge >= 0.3 is 7.60 Å². The molecule has 0 radical (unpaired) electrons. The van der Waals surface area contributed by atoms with Crippen LogP contribution in [0.5, 0.6) is 0 Å². The van der Waals surface area contributed by atoms with Crippen LogP contribution in [-0.2, 0) is 9.72 Å². The summed E-state index contributed by atoms with van der Waals surface area (Å²) in [5.41, 5.74) is 1.45. The predicted octanol–water partition coefficient (Wildman–Crippen LogP) is 3.43. The molecule has 0 unspecified atom stereocenters. The SMILES string of the molecule is CCC(CC)(c1ccnc2ccccc12)P(=O)(O)O. The van der Waals surface area contributed by atoms with Crippen LogP contribution in [0.25, 0.3) is 10.9 Å². The molecule has 1 heterocycles. The summed E-state index contributed by atoms with van der Waals surface area (Å²) in [7, 11) is -4.26. The van der Waals surface area contributed by atoms with Crippen molar-refractivity contribution in [3.63, 3.8) is 0 Å². The van der Waals surface area contributed by atoms with Crippen molar-refractivity contribution in [2.75, 3.05) is 0 Å². The van der Waals surface area contributed by atoms with Crippen molar-refractivity contribution in [1.29, 1.82) is 0 Å². The van der Waals surface area contributed by atoms with Crippen molar-refractivity contribution >= 4 is 18.5 Å². The lowest BCUT2D eigenvalue weighted by Gasteiger charge is -2.33. The molecule has 5 heteroatoms. The van der Waals surface area contributed by atoms with Crippen molar-refractivity contribution < 1.29 is 14.4 Å². The average molecular weight is 279 g/mol. The van der Waals surface area contributed by atoms with Crippen LogP contribution in [0.2, 0.25) is 0 Å². The zero-order valence-corrected chi connectivity index (χ0v) is 12.0. The molecule has 1 aromatic carbocycles. The fraction of sp³-hybridized carbons (Fsp3) is 0.357. The second kappa shape index (κ2) is 5.04. The topological polar surface area (TPSA) is 70.4 Å². The van der Waals surface area contributed by atoms with Crippen LogP contribution in [0.1, 0.15) is 32.3 Å². The van der Waals surface area contributed by atoms with Gasteiger partial charge < -0.3 is 9.79 Å². The van der Waals surface area contributed by atoms with Gasteiger partial charge in [-0.15, -0.1) is 0 Å². The molecule has 0 fully saturated rings. The fourth-order valence-corrected chi connectivity index (χ4v) is 4.03. The van der Waals surface area contributed by atoms with Gasteiger partial charge in [0.15, 0.2) is 0 Å². The lowest BCUT2D eigenvalue weighted by atomic mass is 9.90. The molecular weight excluding hydrogens is 261 g/mol. The maximum absolute atomic E-state index is 12.0. The minimum Gasteiger partial charge on any atom is -0.324 e. The lowest BCUT2D eigenvalue weighted by molar-refractivity contribution is 0.316. The van der Waals surface area contributed by atoms with Crippen molar-refractivity contribution in [3.05, 3.63) is 42.1 Å². The van der Waals surface area contributed by atoms with Crippen molar-refractivity contribution in [2.45, 2.75) is 31.8 Å². The smallest absolute Gasteiger partial charge is 0.324 e. The standard InChI is InChI=1S/C14H18NO3P/c1-3-14(4-2,19(16,17)18)12-9-10-15-13-8-6-5-7-11(12)13/h5-10H,3-4H2,1-2H3,(H2,16,17,18). The molecule has 0 aliphatic carbocycles. The van der Waals surface area contributed by atoms with E-state index in [1.165, 1.54) is 0 Å². The summed E-state index contributed by atoms with van der Waals surface area (Å²) in [4.78, 5) is 23.9. The zero-order valence-electron chi connectivity index (χ0n) is 11.1. The highest BCUT2D eigenvalue weighted by molar-refractivity contribution is 7.53. The van der Waals surface area contributed by atoms with E-state index in [4.69, 9.17) is 0 Å². The second-order valence-electron chi connectivity index (χ2n) is 4.66. The molecule has 0 aliphatic rings. The van der Waals surface area contributed by atoms with Gasteiger partial charge in [0, 0.05) is 11.6 Å². The first-order chi connectivity index (χ1) is 8.96. The first-order valence-electron chi connectivity index (χ1n) is 6.36. The number of benzene rings is 1. The van der Waals surface area contributed by atoms with E-state index in [0.29, 0.717) is 18.4 Å². The number of hydrogen-bond donors (Lipinski definition) is 2. The quantitative estimate of drug-likeness (QED) is 0.841. The molecule has 1 aromatic heterocycles. The number of aromatic nitrogens is 1. The third-order valence-corrected chi connectivity index (χ3v) is 5.87. The molecule has 0 bridgehead atoms. The van der Waals surface area contributed by atoms with E-state index < -0.39 is 12.8 Å². The Morgan fingerprint density at radius 3 is 2.37 bits per heavy atom. The summed E-state index contributed by atoms with van der Waals surface area (Å²) in [5.74, 6) is 0. The van der Waals surface area contributed by atoms with Gasteiger partial charge in [-0.3, -0.25) is 9.55 Å². The fourth-order valence-electron chi connectivity index (χ4n) is 2.70. The molecule has 2 aromatic rings. The normalized spacial score (nSPS) is 12.8. The van der Waals surface area contributed by atoms with Gasteiger partial charge in [-0.05, 0) is 30.5 Å². The van der Waals surface area contributed by atoms with Gasteiger partial charge in [0.1, 0.15) is 0 Å². The minimum atomic E-state index is -4.26. The van der Waals surface area contributed by atoms with E-state index in [0.717, 1.165) is 10.9 Å². The maximum Gasteiger partial charge on any atom is 0.335 e. The van der Waals surface area contributed by atoms with Gasteiger partial charge in [-0.25, -0.2) is 0 Å². The highest BCUT2D eigenvalue weighted by Crippen LogP contribution is 2.61. The second-order valence-corrected chi connectivity index (χ2v) is 6.60. The van der Waals surface area contributed by atoms with Crippen molar-refractivity contribution in [2.24, 2.45) is 0 Å². The summed E-state index contributed by atoms with van der Waals surface area (Å²) in [5, 5.41) is -0.313. The third kappa shape index (κ3) is 2.20. The minimum absolute atomic E-state index is 0.391. The van der Waals surface area contributed by atoms with E-state index in [1.54, 1.807) is 12.3 Å². The Labute approximate surface area is 112 Å². The number of fused-ring (bicyclic) bond motifs is 1. The van der Waals surface area contributed by atoms with Gasteiger partial charge in [0.2, 0.25) is 0 Å². The highest BCUT2D eigenvalue weighted by Gasteiger charge is 2.46. The molecule has 19 heavy (non-hydrogen) atoms. The number of hydrogen-bond acceptors (Lipinski definition) is 2. The monoisotopic (exact) mass is 279 g/mol. The summed E-state index contributed by atoms with van der Waals surface area (Å²) in [6.07, 6.45) is 2.40. The summed E-state index contributed by atoms with van der Waals surface area (Å²) < 4.78 is 12.0. The molecule has 0 atom stereocenters. The number of rotatable bonds is 4. The van der Waals surface area contributed by atoms with Crippen LogP contribution in [0.3, 0.4) is 0 Å². The maximum atomic E-state index is 12.0. The van der Waals surface area contributed by atoms with Crippen LogP contribution >= 0.6 is 7.60 Å². The summed E-state index contributed by atoms with van der Waals surface area (Å²) in [6, 6.07) is 9.19. The average Bonchev–Trinajstić information content (AvgIpc) is 2.39. The van der Waals surface area contributed by atoms with Crippen LogP contribution in [-0.4, -0.2) is 14.8 Å². The Balaban J connectivity index is 2.81. The summed E-state index contributed by atoms with van der Waals surface area (Å²) >= 11 is 0. The van der Waals surface area contributed by atoms with Crippen LogP contribution < -0.4 is 0 Å². The molecule has 4 nitrogen and oxygen atoms in total. The first kappa shape index (κ1) is 14.2. The van der Waals surface area contributed by atoms with E-state index in [-0.39, 0.29) is 0 Å². The Kier molecular flexibility index (Phi) is 3.77. The number of nitrogens with zero attached hydrogens (tertiary/aromatic N) is 1. The van der Waals surface area contributed by atoms with E-state index >= 15 is 0 Å². The highest BCUT2D eigenvalue weighted by atomic mass is 31.2. The lowest BCUT2D eigenvalue weighted by Crippen LogP contribution is -2.25. The molecule has 0 saturated heterocycles. The number of para-hydroxylation sites is 1. The molecule has 0 saturated carbocycles. The zero-order chi connectivity index (χ0) is 14.1. The van der Waals surface area contributed by atoms with Crippen LogP contribution in [0, 0.1) is 0 Å². The first-order valence-corrected chi connectivity index (χ1v) is 7.97. The predicted molar refractivity (Wildman–Crippen MR) is 76.0 cm³/mol. The van der Waals surface area contributed by atoms with Crippen LogP contribution in [0.15, 0.2) is 36.5 Å². The molecule has 0 amide bonds. The largest absolute Gasteiger partial charge is 0.335 e. The van der Waals surface area contributed by atoms with Crippen molar-refractivity contribution in [1.82, 2.24) is 4.98 Å². The molecule has 2 rings (SSSR count). The van der Waals surface area contributed by atoms with Gasteiger partial charge in [0.05, 0.1) is 10.7 Å². The molecular formula is C14H18NO3P. The Morgan fingerprint density at radius 1 is 1.16 bits per heavy atom. The Bertz CT molecular complexity index is 626. The molecule has 0 aliphatic heterocycles. The molecule has 2 N–H and O–H groups in total. The third-order valence-electron chi connectivity index (χ3n) is 3.88. The van der Waals surface area contributed by atoms with Crippen molar-refractivity contribution in [3.8, 4) is 0 Å². The number of pyridine rings is 1. The van der Waals surface area contributed by atoms with E-state index in [9.17, 15) is 14.4 Å². The van der Waals surface area contributed by atoms with Gasteiger partial charge in [-0.1, -0.05) is 32.0 Å². The van der Waals surface area contributed by atoms with Gasteiger partial charge in [-0.2, -0.15) is 0 Å². The van der Waals surface area contributed by atoms with Gasteiger partial charge in [0.25, 0.3) is 0 Å². The Hall–Kier alpha value is -1.22. The van der Waals surface area contributed by atoms with E-state index in [2.05, 4.69) is 4.98 Å².